The van der Waals surface area contributed by atoms with Crippen LogP contribution in [0.5, 0.6) is 0 Å². The average molecular weight is 202 g/mol. The van der Waals surface area contributed by atoms with E-state index in [0.29, 0.717) is 0 Å². The van der Waals surface area contributed by atoms with Gasteiger partial charge in [-0.1, -0.05) is 0 Å². The molecule has 0 aromatic rings. The minimum Gasteiger partial charge on any atom is -0.273 e. The van der Waals surface area contributed by atoms with Gasteiger partial charge in [-0.25, -0.2) is 0 Å². The second kappa shape index (κ2) is 3.26. The van der Waals surface area contributed by atoms with Crippen LogP contribution in [0, 0.1) is 0 Å². The summed E-state index contributed by atoms with van der Waals surface area (Å²) in [6.07, 6.45) is 0. The van der Waals surface area contributed by atoms with Crippen LogP contribution in [0.15, 0.2) is 0 Å². The van der Waals surface area contributed by atoms with Crippen molar-refractivity contribution in [3.8, 4) is 0 Å². The molecule has 11 heavy (non-hydrogen) atoms. The number of hydrogen-bond acceptors (Lipinski definition) is 2. The number of rotatable bonds is 2. The standard InChI is InChI=1S/C5H12ClNO3S/c1-5(2,3)7(4-6)11(8,9)10/h4H2,1-3H3,(H,8,9,10). The van der Waals surface area contributed by atoms with Gasteiger partial charge in [0.2, 0.25) is 0 Å². The third-order valence-corrected chi connectivity index (χ3v) is 2.75. The summed E-state index contributed by atoms with van der Waals surface area (Å²) in [6.45, 7) is 4.93. The largest absolute Gasteiger partial charge is 0.337 e. The normalized spacial score (nSPS) is 14.0. The molecular formula is C5H12ClNO3S. The van der Waals surface area contributed by atoms with Crippen molar-refractivity contribution in [1.29, 1.82) is 0 Å². The zero-order chi connectivity index (χ0) is 9.28. The molecule has 0 heterocycles. The predicted molar refractivity (Wildman–Crippen MR) is 43.9 cm³/mol. The van der Waals surface area contributed by atoms with Crippen molar-refractivity contribution in [2.45, 2.75) is 26.3 Å². The summed E-state index contributed by atoms with van der Waals surface area (Å²) in [7, 11) is -4.17. The minimum absolute atomic E-state index is 0.248. The molecule has 0 aromatic carbocycles. The van der Waals surface area contributed by atoms with Gasteiger partial charge < -0.3 is 0 Å². The van der Waals surface area contributed by atoms with E-state index in [0.717, 1.165) is 4.31 Å². The Hall–Kier alpha value is 0.160. The molecule has 0 atom stereocenters. The van der Waals surface area contributed by atoms with Crippen molar-refractivity contribution in [2.75, 3.05) is 6.00 Å². The van der Waals surface area contributed by atoms with Gasteiger partial charge in [-0.05, 0) is 20.8 Å². The first-order valence-electron chi connectivity index (χ1n) is 3.01. The Morgan fingerprint density at radius 2 is 1.82 bits per heavy atom. The Morgan fingerprint density at radius 3 is 1.82 bits per heavy atom. The monoisotopic (exact) mass is 201 g/mol. The van der Waals surface area contributed by atoms with Gasteiger partial charge in [-0.15, -0.1) is 11.6 Å². The highest BCUT2D eigenvalue weighted by atomic mass is 35.5. The van der Waals surface area contributed by atoms with Gasteiger partial charge in [0.25, 0.3) is 0 Å². The molecule has 0 amide bonds. The fourth-order valence-corrected chi connectivity index (χ4v) is 2.13. The second-order valence-electron chi connectivity index (χ2n) is 3.12. The van der Waals surface area contributed by atoms with Crippen LogP contribution in [0.3, 0.4) is 0 Å². The van der Waals surface area contributed by atoms with Crippen LogP contribution in [-0.2, 0) is 10.3 Å². The number of hydrogen-bond donors (Lipinski definition) is 1. The maximum atomic E-state index is 10.6. The van der Waals surface area contributed by atoms with Crippen LogP contribution in [0.2, 0.25) is 0 Å². The molecule has 68 valence electrons. The van der Waals surface area contributed by atoms with E-state index in [1.54, 1.807) is 20.8 Å². The summed E-state index contributed by atoms with van der Waals surface area (Å²) in [5.41, 5.74) is -0.685. The lowest BCUT2D eigenvalue weighted by atomic mass is 10.1. The molecular weight excluding hydrogens is 190 g/mol. The first-order chi connectivity index (χ1) is 4.69. The molecule has 0 aliphatic heterocycles. The molecule has 0 aliphatic carbocycles. The molecule has 0 aliphatic rings. The van der Waals surface area contributed by atoms with E-state index in [1.165, 1.54) is 0 Å². The third kappa shape index (κ3) is 3.37. The van der Waals surface area contributed by atoms with E-state index in [4.69, 9.17) is 16.2 Å². The van der Waals surface area contributed by atoms with Gasteiger partial charge in [0, 0.05) is 5.54 Å². The van der Waals surface area contributed by atoms with Crippen molar-refractivity contribution in [1.82, 2.24) is 4.31 Å². The fourth-order valence-electron chi connectivity index (χ4n) is 0.587. The van der Waals surface area contributed by atoms with E-state index in [9.17, 15) is 8.42 Å². The summed E-state index contributed by atoms with van der Waals surface area (Å²) in [5.74, 6) is 0. The molecule has 0 unspecified atom stereocenters. The lowest BCUT2D eigenvalue weighted by Crippen LogP contribution is -2.44. The Balaban J connectivity index is 4.72. The quantitative estimate of drug-likeness (QED) is 0.413. The van der Waals surface area contributed by atoms with E-state index in [1.807, 2.05) is 0 Å². The van der Waals surface area contributed by atoms with E-state index < -0.39 is 15.8 Å². The molecule has 4 nitrogen and oxygen atoms in total. The Labute approximate surface area is 72.0 Å². The summed E-state index contributed by atoms with van der Waals surface area (Å²) in [4.78, 5) is 0. The average Bonchev–Trinajstić information content (AvgIpc) is 1.56. The molecule has 0 radical (unpaired) electrons. The smallest absolute Gasteiger partial charge is 0.273 e. The van der Waals surface area contributed by atoms with Crippen molar-refractivity contribution in [2.24, 2.45) is 0 Å². The molecule has 0 fully saturated rings. The summed E-state index contributed by atoms with van der Waals surface area (Å²) >= 11 is 5.32. The fraction of sp³-hybridized carbons (Fsp3) is 1.00. The highest BCUT2D eigenvalue weighted by Crippen LogP contribution is 2.16. The van der Waals surface area contributed by atoms with Gasteiger partial charge >= 0.3 is 10.3 Å². The van der Waals surface area contributed by atoms with E-state index in [-0.39, 0.29) is 6.00 Å². The zero-order valence-corrected chi connectivity index (χ0v) is 8.28. The molecule has 0 saturated carbocycles. The Morgan fingerprint density at radius 1 is 1.45 bits per heavy atom. The minimum atomic E-state index is -4.17. The maximum absolute atomic E-state index is 10.6. The van der Waals surface area contributed by atoms with Gasteiger partial charge in [0.15, 0.2) is 0 Å². The molecule has 1 N–H and O–H groups in total. The van der Waals surface area contributed by atoms with Crippen LogP contribution in [0.25, 0.3) is 0 Å². The lowest BCUT2D eigenvalue weighted by Gasteiger charge is -2.29. The number of nitrogens with zero attached hydrogens (tertiary/aromatic N) is 1. The first kappa shape index (κ1) is 11.2. The molecule has 6 heteroatoms. The van der Waals surface area contributed by atoms with Gasteiger partial charge in [0.1, 0.15) is 0 Å². The Kier molecular flexibility index (Phi) is 3.31. The van der Waals surface area contributed by atoms with E-state index in [2.05, 4.69) is 0 Å². The van der Waals surface area contributed by atoms with Crippen LogP contribution in [0.4, 0.5) is 0 Å². The summed E-state index contributed by atoms with van der Waals surface area (Å²) in [5, 5.41) is 0. The van der Waals surface area contributed by atoms with Gasteiger partial charge in [-0.3, -0.25) is 4.55 Å². The first-order valence-corrected chi connectivity index (χ1v) is 4.94. The predicted octanol–water partition coefficient (Wildman–Crippen LogP) is 1.09. The summed E-state index contributed by atoms with van der Waals surface area (Å²) in [6, 6.07) is -0.248. The van der Waals surface area contributed by atoms with Crippen molar-refractivity contribution >= 4 is 21.9 Å². The van der Waals surface area contributed by atoms with Crippen LogP contribution >= 0.6 is 11.6 Å². The SMILES string of the molecule is CC(C)(C)N(CCl)S(=O)(=O)O. The highest BCUT2D eigenvalue weighted by Gasteiger charge is 2.30. The maximum Gasteiger partial charge on any atom is 0.337 e. The number of halogens is 1. The number of alkyl halides is 1. The topological polar surface area (TPSA) is 57.6 Å². The van der Waals surface area contributed by atoms with Crippen LogP contribution in [-0.4, -0.2) is 28.8 Å². The van der Waals surface area contributed by atoms with Crippen molar-refractivity contribution in [3.05, 3.63) is 0 Å². The molecule has 0 saturated heterocycles. The third-order valence-electron chi connectivity index (χ3n) is 1.14. The Bertz CT molecular complexity index is 218. The molecule has 0 spiro atoms. The van der Waals surface area contributed by atoms with Crippen molar-refractivity contribution in [3.63, 3.8) is 0 Å². The van der Waals surface area contributed by atoms with Crippen molar-refractivity contribution < 1.29 is 13.0 Å². The molecule has 0 rings (SSSR count). The second-order valence-corrected chi connectivity index (χ2v) is 4.69. The summed E-state index contributed by atoms with van der Waals surface area (Å²) < 4.78 is 30.6. The van der Waals surface area contributed by atoms with Crippen LogP contribution in [0.1, 0.15) is 20.8 Å². The molecule has 0 aromatic heterocycles. The van der Waals surface area contributed by atoms with E-state index >= 15 is 0 Å². The highest BCUT2D eigenvalue weighted by molar-refractivity contribution is 7.83. The molecule has 0 bridgehead atoms. The van der Waals surface area contributed by atoms with Gasteiger partial charge in [0.05, 0.1) is 6.00 Å². The lowest BCUT2D eigenvalue weighted by molar-refractivity contribution is 0.253. The van der Waals surface area contributed by atoms with Crippen LogP contribution < -0.4 is 0 Å². The zero-order valence-electron chi connectivity index (χ0n) is 6.70. The van der Waals surface area contributed by atoms with Gasteiger partial charge in [-0.2, -0.15) is 12.7 Å².